The van der Waals surface area contributed by atoms with E-state index in [1.165, 1.54) is 12.1 Å². The summed E-state index contributed by atoms with van der Waals surface area (Å²) in [5, 5.41) is 20.1. The summed E-state index contributed by atoms with van der Waals surface area (Å²) in [6, 6.07) is 4.45. The molecular formula is C14H21N3O4. The zero-order chi connectivity index (χ0) is 16.0. The maximum atomic E-state index is 11.2. The molecule has 0 aromatic heterocycles. The third-order valence-corrected chi connectivity index (χ3v) is 3.27. The number of amides is 1. The monoisotopic (exact) mass is 295 g/mol. The Morgan fingerprint density at radius 2 is 2.14 bits per heavy atom. The van der Waals surface area contributed by atoms with E-state index in [1.807, 2.05) is 18.7 Å². The van der Waals surface area contributed by atoms with Gasteiger partial charge >= 0.3 is 0 Å². The lowest BCUT2D eigenvalue weighted by Crippen LogP contribution is -2.32. The van der Waals surface area contributed by atoms with Gasteiger partial charge in [-0.05, 0) is 26.3 Å². The lowest BCUT2D eigenvalue weighted by molar-refractivity contribution is -0.385. The van der Waals surface area contributed by atoms with Crippen LogP contribution in [0, 0.1) is 10.1 Å². The molecule has 0 aliphatic carbocycles. The normalized spacial score (nSPS) is 11.1. The third kappa shape index (κ3) is 4.80. The molecule has 0 bridgehead atoms. The van der Waals surface area contributed by atoms with Crippen molar-refractivity contribution in [2.45, 2.75) is 32.9 Å². The van der Waals surface area contributed by atoms with Gasteiger partial charge in [-0.2, -0.15) is 0 Å². The molecule has 0 aliphatic rings. The van der Waals surface area contributed by atoms with E-state index in [0.717, 1.165) is 0 Å². The van der Waals surface area contributed by atoms with Crippen LogP contribution in [0.1, 0.15) is 36.2 Å². The van der Waals surface area contributed by atoms with Crippen LogP contribution in [0.3, 0.4) is 0 Å². The first-order valence-corrected chi connectivity index (χ1v) is 6.78. The Morgan fingerprint density at radius 3 is 2.62 bits per heavy atom. The fourth-order valence-electron chi connectivity index (χ4n) is 2.03. The Balaban J connectivity index is 3.05. The van der Waals surface area contributed by atoms with Crippen molar-refractivity contribution in [2.24, 2.45) is 5.73 Å². The van der Waals surface area contributed by atoms with Crippen molar-refractivity contribution in [3.8, 4) is 0 Å². The largest absolute Gasteiger partial charge is 0.396 e. The molecule has 1 amide bonds. The van der Waals surface area contributed by atoms with Gasteiger partial charge in [-0.15, -0.1) is 0 Å². The molecule has 21 heavy (non-hydrogen) atoms. The average molecular weight is 295 g/mol. The summed E-state index contributed by atoms with van der Waals surface area (Å²) >= 11 is 0. The highest BCUT2D eigenvalue weighted by molar-refractivity contribution is 5.93. The second-order valence-corrected chi connectivity index (χ2v) is 5.11. The Bertz CT molecular complexity index is 517. The molecule has 0 atom stereocenters. The lowest BCUT2D eigenvalue weighted by Gasteiger charge is -2.26. The zero-order valence-corrected chi connectivity index (χ0v) is 12.3. The van der Waals surface area contributed by atoms with Crippen molar-refractivity contribution in [3.63, 3.8) is 0 Å². The number of aliphatic hydroxyl groups excluding tert-OH is 1. The van der Waals surface area contributed by atoms with Crippen LogP contribution in [-0.4, -0.2) is 40.0 Å². The highest BCUT2D eigenvalue weighted by atomic mass is 16.6. The van der Waals surface area contributed by atoms with Crippen molar-refractivity contribution in [1.82, 2.24) is 4.90 Å². The summed E-state index contributed by atoms with van der Waals surface area (Å²) in [7, 11) is 0. The SMILES string of the molecule is CC(C)N(CCCO)Cc1ccc(C(N)=O)cc1[N+](=O)[O-]. The van der Waals surface area contributed by atoms with Crippen LogP contribution in [0.4, 0.5) is 5.69 Å². The van der Waals surface area contributed by atoms with E-state index in [4.69, 9.17) is 10.8 Å². The number of hydrogen-bond acceptors (Lipinski definition) is 5. The van der Waals surface area contributed by atoms with Crippen LogP contribution in [0.25, 0.3) is 0 Å². The second kappa shape index (κ2) is 7.70. The molecule has 0 radical (unpaired) electrons. The number of nitrogens with two attached hydrogens (primary N) is 1. The predicted octanol–water partition coefficient (Wildman–Crippen LogP) is 1.29. The first-order chi connectivity index (χ1) is 9.86. The molecule has 7 nitrogen and oxygen atoms in total. The van der Waals surface area contributed by atoms with Gasteiger partial charge < -0.3 is 10.8 Å². The minimum Gasteiger partial charge on any atom is -0.396 e. The molecule has 7 heteroatoms. The first kappa shape index (κ1) is 17.1. The molecule has 0 saturated carbocycles. The molecule has 0 heterocycles. The minimum absolute atomic E-state index is 0.0753. The van der Waals surface area contributed by atoms with E-state index in [0.29, 0.717) is 25.1 Å². The Hall–Kier alpha value is -1.99. The summed E-state index contributed by atoms with van der Waals surface area (Å²) in [4.78, 5) is 23.8. The van der Waals surface area contributed by atoms with E-state index in [9.17, 15) is 14.9 Å². The van der Waals surface area contributed by atoms with Gasteiger partial charge in [0.1, 0.15) is 0 Å². The van der Waals surface area contributed by atoms with Gasteiger partial charge in [-0.1, -0.05) is 6.07 Å². The van der Waals surface area contributed by atoms with Crippen LogP contribution >= 0.6 is 0 Å². The van der Waals surface area contributed by atoms with Crippen molar-refractivity contribution in [2.75, 3.05) is 13.2 Å². The van der Waals surface area contributed by atoms with Crippen LogP contribution in [0.5, 0.6) is 0 Å². The molecule has 0 unspecified atom stereocenters. The molecular weight excluding hydrogens is 274 g/mol. The number of carbonyl (C=O) groups excluding carboxylic acids is 1. The lowest BCUT2D eigenvalue weighted by atomic mass is 10.1. The number of nitro benzene ring substituents is 1. The molecule has 3 N–H and O–H groups in total. The third-order valence-electron chi connectivity index (χ3n) is 3.27. The molecule has 0 aliphatic heterocycles. The van der Waals surface area contributed by atoms with E-state index >= 15 is 0 Å². The Kier molecular flexibility index (Phi) is 6.26. The fourth-order valence-corrected chi connectivity index (χ4v) is 2.03. The van der Waals surface area contributed by atoms with E-state index in [2.05, 4.69) is 0 Å². The predicted molar refractivity (Wildman–Crippen MR) is 78.9 cm³/mol. The van der Waals surface area contributed by atoms with Crippen molar-refractivity contribution < 1.29 is 14.8 Å². The molecule has 1 aromatic rings. The van der Waals surface area contributed by atoms with Crippen LogP contribution in [0.2, 0.25) is 0 Å². The number of aliphatic hydroxyl groups is 1. The van der Waals surface area contributed by atoms with Crippen LogP contribution < -0.4 is 5.73 Å². The van der Waals surface area contributed by atoms with Crippen LogP contribution in [-0.2, 0) is 6.54 Å². The number of carbonyl (C=O) groups is 1. The maximum Gasteiger partial charge on any atom is 0.274 e. The number of rotatable bonds is 8. The smallest absolute Gasteiger partial charge is 0.274 e. The van der Waals surface area contributed by atoms with E-state index < -0.39 is 10.8 Å². The number of hydrogen-bond donors (Lipinski definition) is 2. The van der Waals surface area contributed by atoms with E-state index in [-0.39, 0.29) is 23.9 Å². The minimum atomic E-state index is -0.689. The van der Waals surface area contributed by atoms with Crippen LogP contribution in [0.15, 0.2) is 18.2 Å². The summed E-state index contributed by atoms with van der Waals surface area (Å²) in [5.74, 6) is -0.689. The standard InChI is InChI=1S/C14H21N3O4/c1-10(2)16(6-3-7-18)9-12-5-4-11(14(15)19)8-13(12)17(20)21/h4-5,8,10,18H,3,6-7,9H2,1-2H3,(H2,15,19). The molecule has 1 aromatic carbocycles. The molecule has 0 fully saturated rings. The maximum absolute atomic E-state index is 11.2. The highest BCUT2D eigenvalue weighted by Crippen LogP contribution is 2.22. The van der Waals surface area contributed by atoms with Gasteiger partial charge in [0.2, 0.25) is 5.91 Å². The first-order valence-electron chi connectivity index (χ1n) is 6.78. The van der Waals surface area contributed by atoms with Gasteiger partial charge in [0.05, 0.1) is 4.92 Å². The van der Waals surface area contributed by atoms with Gasteiger partial charge in [0.15, 0.2) is 0 Å². The number of nitrogens with zero attached hydrogens (tertiary/aromatic N) is 2. The van der Waals surface area contributed by atoms with Crippen molar-refractivity contribution in [1.29, 1.82) is 0 Å². The molecule has 0 saturated heterocycles. The Morgan fingerprint density at radius 1 is 1.48 bits per heavy atom. The quantitative estimate of drug-likeness (QED) is 0.554. The summed E-state index contributed by atoms with van der Waals surface area (Å²) in [6.07, 6.45) is 0.603. The van der Waals surface area contributed by atoms with Gasteiger partial charge in [-0.25, -0.2) is 0 Å². The summed E-state index contributed by atoms with van der Waals surface area (Å²) in [6.45, 7) is 5.07. The fraction of sp³-hybridized carbons (Fsp3) is 0.500. The topological polar surface area (TPSA) is 110 Å². The average Bonchev–Trinajstić information content (AvgIpc) is 2.42. The van der Waals surface area contributed by atoms with Gasteiger partial charge in [-0.3, -0.25) is 19.8 Å². The van der Waals surface area contributed by atoms with Gasteiger partial charge in [0.25, 0.3) is 5.69 Å². The zero-order valence-electron chi connectivity index (χ0n) is 12.3. The second-order valence-electron chi connectivity index (χ2n) is 5.11. The molecule has 116 valence electrons. The number of benzene rings is 1. The summed E-state index contributed by atoms with van der Waals surface area (Å²) < 4.78 is 0. The van der Waals surface area contributed by atoms with Gasteiger partial charge in [0, 0.05) is 42.9 Å². The van der Waals surface area contributed by atoms with E-state index in [1.54, 1.807) is 6.07 Å². The molecule has 1 rings (SSSR count). The Labute approximate surface area is 123 Å². The number of nitro groups is 1. The van der Waals surface area contributed by atoms with Crippen molar-refractivity contribution >= 4 is 11.6 Å². The number of primary amides is 1. The molecule has 0 spiro atoms. The summed E-state index contributed by atoms with van der Waals surface area (Å²) in [5.41, 5.74) is 5.68. The van der Waals surface area contributed by atoms with Crippen molar-refractivity contribution in [3.05, 3.63) is 39.4 Å². The highest BCUT2D eigenvalue weighted by Gasteiger charge is 2.19.